The number of rotatable bonds is 20. The van der Waals surface area contributed by atoms with Gasteiger partial charge in [0.2, 0.25) is 10.9 Å². The number of benzene rings is 2. The number of aryl methyl sites for hydroxylation is 1. The van der Waals surface area contributed by atoms with Gasteiger partial charge in [-0.05, 0) is 43.2 Å². The van der Waals surface area contributed by atoms with E-state index in [4.69, 9.17) is 4.74 Å². The summed E-state index contributed by atoms with van der Waals surface area (Å²) in [7, 11) is 0. The van der Waals surface area contributed by atoms with Gasteiger partial charge in [-0.3, -0.25) is 9.59 Å². The molecule has 230 valence electrons. The Kier molecular flexibility index (Phi) is 17.3. The third kappa shape index (κ3) is 13.2. The van der Waals surface area contributed by atoms with Crippen LogP contribution in [0.15, 0.2) is 54.0 Å². The molecule has 1 N–H and O–H groups in total. The Morgan fingerprint density at radius 3 is 2.00 bits per heavy atom. The maximum Gasteiger partial charge on any atom is 0.234 e. The van der Waals surface area contributed by atoms with Crippen molar-refractivity contribution in [1.29, 1.82) is 0 Å². The predicted molar refractivity (Wildman–Crippen MR) is 170 cm³/mol. The van der Waals surface area contributed by atoms with Crippen molar-refractivity contribution >= 4 is 28.7 Å². The fraction of sp³-hybridized carbons (Fsp3) is 0.514. The van der Waals surface area contributed by atoms with E-state index in [1.807, 2.05) is 36.4 Å². The van der Waals surface area contributed by atoms with Gasteiger partial charge in [0.25, 0.3) is 0 Å². The average Bonchev–Trinajstić information content (AvgIpc) is 3.36. The van der Waals surface area contributed by atoms with E-state index in [1.54, 1.807) is 24.3 Å². The first kappa shape index (κ1) is 35.7. The smallest absolute Gasteiger partial charge is 0.234 e. The van der Waals surface area contributed by atoms with Crippen LogP contribution in [0.2, 0.25) is 0 Å². The third-order valence-corrected chi connectivity index (χ3v) is 8.35. The summed E-state index contributed by atoms with van der Waals surface area (Å²) in [5.41, 5.74) is 3.28. The van der Waals surface area contributed by atoms with Crippen LogP contribution in [0.5, 0.6) is 5.75 Å². The summed E-state index contributed by atoms with van der Waals surface area (Å²) in [4.78, 5) is 25.0. The maximum absolute atomic E-state index is 12.7. The Hall–Kier alpha value is -2.51. The number of Topliss-reactive ketones (excluding diaryl/α,β-unsaturated/α-hetero) is 1. The summed E-state index contributed by atoms with van der Waals surface area (Å²) in [6.45, 7) is 7.34. The Morgan fingerprint density at radius 2 is 1.43 bits per heavy atom. The number of halogens is 1. The lowest BCUT2D eigenvalue weighted by molar-refractivity contribution is -0.689. The quantitative estimate of drug-likeness (QED) is 0.0942. The molecular weight excluding hydrogens is 608 g/mol. The number of ketones is 1. The van der Waals surface area contributed by atoms with Gasteiger partial charge in [-0.2, -0.15) is 4.57 Å². The summed E-state index contributed by atoms with van der Waals surface area (Å²) >= 11 is 1.73. The van der Waals surface area contributed by atoms with Crippen LogP contribution in [0, 0.1) is 6.92 Å². The fourth-order valence-electron chi connectivity index (χ4n) is 5.03. The minimum atomic E-state index is -0.111. The lowest BCUT2D eigenvalue weighted by atomic mass is 10.0. The Morgan fingerprint density at radius 1 is 0.833 bits per heavy atom. The first-order chi connectivity index (χ1) is 20.0. The van der Waals surface area contributed by atoms with E-state index in [0.29, 0.717) is 17.9 Å². The molecule has 0 unspecified atom stereocenters. The second-order valence-electron chi connectivity index (χ2n) is 11.1. The second-order valence-corrected chi connectivity index (χ2v) is 12.2. The SMILES string of the molecule is CCCCCCCCCCCCCCOc1ccc(CC(=O)Nc2ccc(C[n+]3ccsc3C)cc2)cc1C(C)=O.[Br-]. The largest absolute Gasteiger partial charge is 1.00 e. The van der Waals surface area contributed by atoms with Gasteiger partial charge < -0.3 is 27.0 Å². The molecule has 1 heterocycles. The number of carbonyl (C=O) groups is 2. The molecular formula is C35H49BrN2O3S. The molecule has 0 saturated carbocycles. The fourth-order valence-corrected chi connectivity index (χ4v) is 5.70. The van der Waals surface area contributed by atoms with Crippen molar-refractivity contribution in [3.05, 3.63) is 75.7 Å². The maximum atomic E-state index is 12.7. The number of ether oxygens (including phenoxy) is 1. The second kappa shape index (κ2) is 20.4. The molecule has 7 heteroatoms. The Balaban J connectivity index is 0.00000616. The normalized spacial score (nSPS) is 10.7. The van der Waals surface area contributed by atoms with Gasteiger partial charge in [0.1, 0.15) is 5.75 Å². The molecule has 1 aromatic heterocycles. The van der Waals surface area contributed by atoms with Crippen LogP contribution >= 0.6 is 11.3 Å². The van der Waals surface area contributed by atoms with Gasteiger partial charge in [0, 0.05) is 18.2 Å². The highest BCUT2D eigenvalue weighted by molar-refractivity contribution is 7.09. The summed E-state index contributed by atoms with van der Waals surface area (Å²) in [6.07, 6.45) is 17.9. The molecule has 0 aliphatic carbocycles. The van der Waals surface area contributed by atoms with Gasteiger partial charge in [0.05, 0.1) is 24.0 Å². The molecule has 0 aliphatic heterocycles. The number of hydrogen-bond acceptors (Lipinski definition) is 4. The molecule has 0 fully saturated rings. The molecule has 3 rings (SSSR count). The van der Waals surface area contributed by atoms with Crippen LogP contribution in [-0.4, -0.2) is 18.3 Å². The summed E-state index contributed by atoms with van der Waals surface area (Å²) < 4.78 is 8.18. The first-order valence-corrected chi connectivity index (χ1v) is 16.4. The van der Waals surface area contributed by atoms with Crippen molar-refractivity contribution in [3.63, 3.8) is 0 Å². The van der Waals surface area contributed by atoms with Crippen LogP contribution in [0.1, 0.15) is 117 Å². The molecule has 0 spiro atoms. The van der Waals surface area contributed by atoms with Gasteiger partial charge in [-0.1, -0.05) is 107 Å². The topological polar surface area (TPSA) is 59.3 Å². The zero-order chi connectivity index (χ0) is 29.3. The van der Waals surface area contributed by atoms with Crippen molar-refractivity contribution in [3.8, 4) is 5.75 Å². The van der Waals surface area contributed by atoms with E-state index in [9.17, 15) is 9.59 Å². The highest BCUT2D eigenvalue weighted by Gasteiger charge is 2.13. The molecule has 0 aliphatic rings. The number of nitrogens with one attached hydrogen (secondary N) is 1. The number of nitrogens with zero attached hydrogens (tertiary/aromatic N) is 1. The van der Waals surface area contributed by atoms with Crippen LogP contribution in [0.4, 0.5) is 5.69 Å². The lowest BCUT2D eigenvalue weighted by Gasteiger charge is -2.12. The monoisotopic (exact) mass is 656 g/mol. The van der Waals surface area contributed by atoms with Crippen molar-refractivity contribution in [1.82, 2.24) is 0 Å². The first-order valence-electron chi connectivity index (χ1n) is 15.5. The van der Waals surface area contributed by atoms with E-state index in [-0.39, 0.29) is 35.1 Å². The lowest BCUT2D eigenvalue weighted by Crippen LogP contribution is -3.00. The van der Waals surface area contributed by atoms with Crippen molar-refractivity contribution < 1.29 is 35.9 Å². The molecule has 0 atom stereocenters. The Labute approximate surface area is 267 Å². The number of hydrogen-bond donors (Lipinski definition) is 1. The zero-order valence-corrected chi connectivity index (χ0v) is 28.2. The summed E-state index contributed by atoms with van der Waals surface area (Å²) in [5, 5.41) is 6.31. The Bertz CT molecular complexity index is 1210. The molecule has 2 aromatic carbocycles. The van der Waals surface area contributed by atoms with Gasteiger partial charge in [-0.25, -0.2) is 0 Å². The molecule has 0 saturated heterocycles. The molecule has 0 bridgehead atoms. The number of unbranched alkanes of at least 4 members (excludes halogenated alkanes) is 11. The van der Waals surface area contributed by atoms with E-state index in [1.165, 1.54) is 74.8 Å². The molecule has 1 amide bonds. The average molecular weight is 658 g/mol. The minimum Gasteiger partial charge on any atom is -1.00 e. The molecule has 42 heavy (non-hydrogen) atoms. The number of amides is 1. The van der Waals surface area contributed by atoms with E-state index < -0.39 is 0 Å². The van der Waals surface area contributed by atoms with Gasteiger partial charge >= 0.3 is 0 Å². The van der Waals surface area contributed by atoms with Gasteiger partial charge in [0.15, 0.2) is 18.5 Å². The standard InChI is InChI=1S/C35H48N2O3S.BrH/c1-4-5-6-7-8-9-10-11-12-13-14-15-23-40-34-21-18-31(25-33(34)28(2)38)26-35(39)36-32-19-16-30(17-20-32)27-37-22-24-41-29(37)3;/h16-22,24-25H,4-15,23,26-27H2,1-3H3;1H. The molecule has 0 radical (unpaired) electrons. The van der Waals surface area contributed by atoms with E-state index in [2.05, 4.69) is 35.3 Å². The molecule has 5 nitrogen and oxygen atoms in total. The van der Waals surface area contributed by atoms with Crippen molar-refractivity contribution in [2.45, 2.75) is 111 Å². The molecule has 3 aromatic rings. The minimum absolute atomic E-state index is 0. The number of aromatic nitrogens is 1. The van der Waals surface area contributed by atoms with Crippen LogP contribution in [0.25, 0.3) is 0 Å². The number of thiazole rings is 1. The summed E-state index contributed by atoms with van der Waals surface area (Å²) in [5.74, 6) is 0.450. The van der Waals surface area contributed by atoms with Crippen LogP contribution < -0.4 is 31.6 Å². The summed E-state index contributed by atoms with van der Waals surface area (Å²) in [6, 6.07) is 13.5. The highest BCUT2D eigenvalue weighted by Crippen LogP contribution is 2.22. The number of anilines is 1. The third-order valence-electron chi connectivity index (χ3n) is 7.52. The van der Waals surface area contributed by atoms with E-state index >= 15 is 0 Å². The van der Waals surface area contributed by atoms with Crippen molar-refractivity contribution in [2.75, 3.05) is 11.9 Å². The van der Waals surface area contributed by atoms with E-state index in [0.717, 1.165) is 30.6 Å². The number of carbonyl (C=O) groups excluding carboxylic acids is 2. The van der Waals surface area contributed by atoms with Gasteiger partial charge in [-0.15, -0.1) is 0 Å². The highest BCUT2D eigenvalue weighted by atomic mass is 79.9. The van der Waals surface area contributed by atoms with Crippen molar-refractivity contribution in [2.24, 2.45) is 0 Å². The predicted octanol–water partition coefficient (Wildman–Crippen LogP) is 5.86. The van der Waals surface area contributed by atoms with Crippen LogP contribution in [-0.2, 0) is 17.8 Å². The van der Waals surface area contributed by atoms with Crippen LogP contribution in [0.3, 0.4) is 0 Å². The zero-order valence-electron chi connectivity index (χ0n) is 25.8.